The van der Waals surface area contributed by atoms with Crippen LogP contribution < -0.4 is 5.32 Å². The normalized spacial score (nSPS) is 16.2. The van der Waals surface area contributed by atoms with Crippen LogP contribution >= 0.6 is 0 Å². The van der Waals surface area contributed by atoms with E-state index in [1.807, 2.05) is 0 Å². The fourth-order valence-corrected chi connectivity index (χ4v) is 3.16. The topological polar surface area (TPSA) is 12.0 Å². The summed E-state index contributed by atoms with van der Waals surface area (Å²) in [5.41, 5.74) is 1.79. The van der Waals surface area contributed by atoms with Crippen LogP contribution in [0, 0.1) is 5.92 Å². The lowest BCUT2D eigenvalue weighted by molar-refractivity contribution is 0.297. The molecular formula is C17H29N. The molecule has 0 aliphatic rings. The minimum atomic E-state index is 0.296. The van der Waals surface area contributed by atoms with E-state index in [1.165, 1.54) is 31.2 Å². The molecule has 1 aromatic carbocycles. The summed E-state index contributed by atoms with van der Waals surface area (Å²) in [6, 6.07) is 11.0. The van der Waals surface area contributed by atoms with Gasteiger partial charge in [0.2, 0.25) is 0 Å². The molecule has 1 heteroatoms. The van der Waals surface area contributed by atoms with Crippen molar-refractivity contribution in [2.75, 3.05) is 13.6 Å². The van der Waals surface area contributed by atoms with E-state index >= 15 is 0 Å². The van der Waals surface area contributed by atoms with Crippen molar-refractivity contribution in [3.8, 4) is 0 Å². The molecule has 18 heavy (non-hydrogen) atoms. The molecule has 1 aromatic rings. The van der Waals surface area contributed by atoms with E-state index in [1.54, 1.807) is 0 Å². The third kappa shape index (κ3) is 3.84. The number of hydrogen-bond acceptors (Lipinski definition) is 1. The lowest BCUT2D eigenvalue weighted by Crippen LogP contribution is -2.38. The minimum Gasteiger partial charge on any atom is -0.319 e. The molecule has 0 saturated heterocycles. The molecule has 2 atom stereocenters. The number of hydrogen-bond donors (Lipinski definition) is 1. The molecule has 0 spiro atoms. The van der Waals surface area contributed by atoms with E-state index < -0.39 is 0 Å². The first-order valence-corrected chi connectivity index (χ1v) is 7.38. The van der Waals surface area contributed by atoms with Crippen LogP contribution in [-0.4, -0.2) is 13.6 Å². The second-order valence-electron chi connectivity index (χ2n) is 5.63. The molecule has 0 fully saturated rings. The van der Waals surface area contributed by atoms with Crippen LogP contribution in [0.1, 0.15) is 52.0 Å². The Morgan fingerprint density at radius 1 is 1.17 bits per heavy atom. The predicted octanol–water partition coefficient (Wildman–Crippen LogP) is 4.38. The SMILES string of the molecule is CCCC(C)CC(CC)(CNC)c1ccccc1. The summed E-state index contributed by atoms with van der Waals surface area (Å²) < 4.78 is 0. The molecule has 0 bridgehead atoms. The van der Waals surface area contributed by atoms with Gasteiger partial charge in [-0.25, -0.2) is 0 Å². The fraction of sp³-hybridized carbons (Fsp3) is 0.647. The fourth-order valence-electron chi connectivity index (χ4n) is 3.16. The van der Waals surface area contributed by atoms with Gasteiger partial charge in [0.25, 0.3) is 0 Å². The van der Waals surface area contributed by atoms with Gasteiger partial charge in [-0.05, 0) is 31.4 Å². The van der Waals surface area contributed by atoms with E-state index in [9.17, 15) is 0 Å². The van der Waals surface area contributed by atoms with Crippen LogP contribution in [0.15, 0.2) is 30.3 Å². The van der Waals surface area contributed by atoms with Crippen molar-refractivity contribution in [1.82, 2.24) is 5.32 Å². The van der Waals surface area contributed by atoms with Gasteiger partial charge in [-0.1, -0.05) is 63.9 Å². The van der Waals surface area contributed by atoms with Crippen molar-refractivity contribution >= 4 is 0 Å². The molecule has 102 valence electrons. The van der Waals surface area contributed by atoms with E-state index in [0.717, 1.165) is 12.5 Å². The Labute approximate surface area is 113 Å². The maximum atomic E-state index is 3.41. The summed E-state index contributed by atoms with van der Waals surface area (Å²) in [5, 5.41) is 3.41. The van der Waals surface area contributed by atoms with Crippen molar-refractivity contribution in [3.63, 3.8) is 0 Å². The third-order valence-corrected chi connectivity index (χ3v) is 4.10. The van der Waals surface area contributed by atoms with Gasteiger partial charge < -0.3 is 5.32 Å². The highest BCUT2D eigenvalue weighted by molar-refractivity contribution is 5.26. The molecule has 0 aliphatic heterocycles. The Balaban J connectivity index is 2.94. The van der Waals surface area contributed by atoms with Crippen molar-refractivity contribution in [2.45, 2.75) is 51.9 Å². The summed E-state index contributed by atoms with van der Waals surface area (Å²) in [7, 11) is 2.07. The maximum Gasteiger partial charge on any atom is 0.00775 e. The van der Waals surface area contributed by atoms with Crippen LogP contribution in [-0.2, 0) is 5.41 Å². The summed E-state index contributed by atoms with van der Waals surface area (Å²) in [4.78, 5) is 0. The van der Waals surface area contributed by atoms with Crippen LogP contribution in [0.2, 0.25) is 0 Å². The highest BCUT2D eigenvalue weighted by Crippen LogP contribution is 2.35. The number of benzene rings is 1. The summed E-state index contributed by atoms with van der Waals surface area (Å²) in [6.45, 7) is 8.07. The van der Waals surface area contributed by atoms with Crippen molar-refractivity contribution in [2.24, 2.45) is 5.92 Å². The molecule has 0 amide bonds. The predicted molar refractivity (Wildman–Crippen MR) is 81.0 cm³/mol. The Morgan fingerprint density at radius 2 is 1.83 bits per heavy atom. The van der Waals surface area contributed by atoms with Gasteiger partial charge in [-0.2, -0.15) is 0 Å². The zero-order valence-electron chi connectivity index (χ0n) is 12.5. The first-order valence-electron chi connectivity index (χ1n) is 7.38. The van der Waals surface area contributed by atoms with Crippen molar-refractivity contribution in [3.05, 3.63) is 35.9 Å². The molecule has 1 rings (SSSR count). The van der Waals surface area contributed by atoms with Gasteiger partial charge in [0.05, 0.1) is 0 Å². The number of nitrogens with one attached hydrogen (secondary N) is 1. The lowest BCUT2D eigenvalue weighted by Gasteiger charge is -2.36. The molecule has 0 heterocycles. The molecule has 1 nitrogen and oxygen atoms in total. The maximum absolute atomic E-state index is 3.41. The first-order chi connectivity index (χ1) is 8.68. The average molecular weight is 247 g/mol. The average Bonchev–Trinajstić information content (AvgIpc) is 2.39. The molecular weight excluding hydrogens is 218 g/mol. The van der Waals surface area contributed by atoms with Gasteiger partial charge in [0, 0.05) is 12.0 Å². The molecule has 0 aliphatic carbocycles. The van der Waals surface area contributed by atoms with Gasteiger partial charge >= 0.3 is 0 Å². The molecule has 1 N–H and O–H groups in total. The number of likely N-dealkylation sites (N-methyl/N-ethyl adjacent to an activating group) is 1. The quantitative estimate of drug-likeness (QED) is 0.719. The second-order valence-corrected chi connectivity index (χ2v) is 5.63. The summed E-state index contributed by atoms with van der Waals surface area (Å²) in [6.07, 6.45) is 5.10. The van der Waals surface area contributed by atoms with Gasteiger partial charge in [0.15, 0.2) is 0 Å². The van der Waals surface area contributed by atoms with E-state index in [0.29, 0.717) is 5.41 Å². The van der Waals surface area contributed by atoms with Crippen molar-refractivity contribution < 1.29 is 0 Å². The second kappa shape index (κ2) is 7.58. The zero-order valence-corrected chi connectivity index (χ0v) is 12.5. The Hall–Kier alpha value is -0.820. The third-order valence-electron chi connectivity index (χ3n) is 4.10. The Kier molecular flexibility index (Phi) is 6.42. The molecule has 0 aromatic heterocycles. The van der Waals surface area contributed by atoms with Crippen LogP contribution in [0.4, 0.5) is 0 Å². The lowest BCUT2D eigenvalue weighted by atomic mass is 9.71. The van der Waals surface area contributed by atoms with Gasteiger partial charge in [-0.15, -0.1) is 0 Å². The highest BCUT2D eigenvalue weighted by Gasteiger charge is 2.30. The molecule has 0 radical (unpaired) electrons. The van der Waals surface area contributed by atoms with Gasteiger partial charge in [-0.3, -0.25) is 0 Å². The standard InChI is InChI=1S/C17H29N/c1-5-10-15(3)13-17(6-2,14-18-4)16-11-8-7-9-12-16/h7-9,11-12,15,18H,5-6,10,13-14H2,1-4H3. The molecule has 2 unspecified atom stereocenters. The smallest absolute Gasteiger partial charge is 0.00775 e. The first kappa shape index (κ1) is 15.2. The van der Waals surface area contributed by atoms with Crippen LogP contribution in [0.3, 0.4) is 0 Å². The van der Waals surface area contributed by atoms with E-state index in [2.05, 4.69) is 63.5 Å². The van der Waals surface area contributed by atoms with E-state index in [4.69, 9.17) is 0 Å². The largest absolute Gasteiger partial charge is 0.319 e. The number of rotatable bonds is 8. The van der Waals surface area contributed by atoms with Crippen molar-refractivity contribution in [1.29, 1.82) is 0 Å². The molecule has 0 saturated carbocycles. The summed E-state index contributed by atoms with van der Waals surface area (Å²) >= 11 is 0. The zero-order chi connectivity index (χ0) is 13.4. The highest BCUT2D eigenvalue weighted by atomic mass is 14.8. The summed E-state index contributed by atoms with van der Waals surface area (Å²) in [5.74, 6) is 0.795. The Bertz CT molecular complexity index is 320. The monoisotopic (exact) mass is 247 g/mol. The van der Waals surface area contributed by atoms with Gasteiger partial charge in [0.1, 0.15) is 0 Å². The van der Waals surface area contributed by atoms with Crippen LogP contribution in [0.5, 0.6) is 0 Å². The van der Waals surface area contributed by atoms with E-state index in [-0.39, 0.29) is 0 Å². The van der Waals surface area contributed by atoms with Crippen LogP contribution in [0.25, 0.3) is 0 Å². The Morgan fingerprint density at radius 3 is 2.33 bits per heavy atom. The minimum absolute atomic E-state index is 0.296.